The number of nitrogens with zero attached hydrogens (tertiary/aromatic N) is 1. The van der Waals surface area contributed by atoms with Crippen molar-refractivity contribution in [2.45, 2.75) is 37.5 Å². The first kappa shape index (κ1) is 19.9. The molecule has 0 bridgehead atoms. The van der Waals surface area contributed by atoms with Crippen LogP contribution in [0.5, 0.6) is 0 Å². The lowest BCUT2D eigenvalue weighted by Gasteiger charge is -2.36. The Morgan fingerprint density at radius 2 is 1.55 bits per heavy atom. The van der Waals surface area contributed by atoms with E-state index < -0.39 is 0 Å². The Hall–Kier alpha value is -2.55. The number of rotatable bonds is 1. The van der Waals surface area contributed by atoms with Crippen LogP contribution in [0.4, 0.5) is 0 Å². The van der Waals surface area contributed by atoms with Crippen LogP contribution in [0.3, 0.4) is 0 Å². The molecule has 1 saturated carbocycles. The highest BCUT2D eigenvalue weighted by molar-refractivity contribution is 9.10. The van der Waals surface area contributed by atoms with E-state index in [0.29, 0.717) is 0 Å². The second-order valence-corrected chi connectivity index (χ2v) is 10.8. The van der Waals surface area contributed by atoms with Crippen molar-refractivity contribution in [2.24, 2.45) is 0 Å². The number of fused-ring (bicyclic) bond motifs is 9. The zero-order valence-corrected chi connectivity index (χ0v) is 20.6. The molecule has 0 saturated heterocycles. The Kier molecular flexibility index (Phi) is 4.35. The Labute approximate surface area is 207 Å². The minimum absolute atomic E-state index is 0.114. The lowest BCUT2D eigenvalue weighted by Crippen LogP contribution is -2.28. The molecule has 7 rings (SSSR count). The quantitative estimate of drug-likeness (QED) is 0.211. The third kappa shape index (κ3) is 2.65. The van der Waals surface area contributed by atoms with Crippen LogP contribution in [0.1, 0.15) is 43.2 Å². The normalized spacial score (nSPS) is 16.4. The maximum Gasteiger partial charge on any atom is 0.0648 e. The van der Waals surface area contributed by atoms with Crippen molar-refractivity contribution in [1.29, 1.82) is 0 Å². The fraction of sp³-hybridized carbons (Fsp3) is 0.200. The number of halogens is 2. The van der Waals surface area contributed by atoms with Gasteiger partial charge < -0.3 is 4.57 Å². The predicted molar refractivity (Wildman–Crippen MR) is 143 cm³/mol. The van der Waals surface area contributed by atoms with Gasteiger partial charge >= 0.3 is 0 Å². The van der Waals surface area contributed by atoms with Gasteiger partial charge in [0.2, 0.25) is 0 Å². The Morgan fingerprint density at radius 1 is 0.758 bits per heavy atom. The minimum Gasteiger partial charge on any atom is -0.307 e. The van der Waals surface area contributed by atoms with Gasteiger partial charge in [0.15, 0.2) is 0 Å². The number of hydrogen-bond acceptors (Lipinski definition) is 0. The molecule has 0 radical (unpaired) electrons. The molecule has 1 nitrogen and oxygen atoms in total. The van der Waals surface area contributed by atoms with Gasteiger partial charge in [-0.1, -0.05) is 95.3 Å². The molecule has 33 heavy (non-hydrogen) atoms. The fourth-order valence-electron chi connectivity index (χ4n) is 6.58. The summed E-state index contributed by atoms with van der Waals surface area (Å²) in [6.07, 6.45) is 6.36. The highest BCUT2D eigenvalue weighted by Gasteiger charge is 2.45. The molecule has 1 heterocycles. The third-order valence-electron chi connectivity index (χ3n) is 7.92. The van der Waals surface area contributed by atoms with Crippen LogP contribution in [-0.4, -0.2) is 4.57 Å². The topological polar surface area (TPSA) is 4.93 Å². The first-order valence-electron chi connectivity index (χ1n) is 11.8. The highest BCUT2D eigenvalue weighted by atomic mass is 79.9. The zero-order valence-electron chi connectivity index (χ0n) is 18.2. The van der Waals surface area contributed by atoms with Crippen LogP contribution in [0.2, 0.25) is 5.02 Å². The van der Waals surface area contributed by atoms with E-state index in [-0.39, 0.29) is 5.41 Å². The summed E-state index contributed by atoms with van der Waals surface area (Å²) in [5.74, 6) is 0. The van der Waals surface area contributed by atoms with Crippen molar-refractivity contribution in [3.63, 3.8) is 0 Å². The van der Waals surface area contributed by atoms with E-state index in [2.05, 4.69) is 87.2 Å². The van der Waals surface area contributed by atoms with Gasteiger partial charge in [-0.25, -0.2) is 0 Å². The van der Waals surface area contributed by atoms with E-state index in [4.69, 9.17) is 11.6 Å². The lowest BCUT2D eigenvalue weighted by molar-refractivity contribution is 0.353. The van der Waals surface area contributed by atoms with Crippen molar-refractivity contribution in [3.05, 3.63) is 99.5 Å². The molecule has 3 heteroatoms. The molecule has 162 valence electrons. The first-order chi connectivity index (χ1) is 16.2. The van der Waals surface area contributed by atoms with E-state index >= 15 is 0 Å². The lowest BCUT2D eigenvalue weighted by atomic mass is 9.68. The molecule has 4 aromatic carbocycles. The molecule has 2 aliphatic carbocycles. The van der Waals surface area contributed by atoms with E-state index in [9.17, 15) is 0 Å². The van der Waals surface area contributed by atoms with Gasteiger partial charge in [0.1, 0.15) is 0 Å². The second-order valence-electron chi connectivity index (χ2n) is 9.52. The average molecular weight is 513 g/mol. The van der Waals surface area contributed by atoms with Crippen molar-refractivity contribution < 1.29 is 0 Å². The standard InChI is InChI=1S/C30H23BrClN/c31-19-12-13-22-24(18-19)30(16-6-1-7-17-30)23-15-14-21-20-8-2-4-10-26(20)33(29(21)28(22)23)27-11-5-3-9-25(27)32/h2-5,8-15,18H,1,6-7,16-17H2. The Bertz CT molecular complexity index is 1570. The summed E-state index contributed by atoms with van der Waals surface area (Å²) in [6.45, 7) is 0. The smallest absolute Gasteiger partial charge is 0.0648 e. The van der Waals surface area contributed by atoms with Crippen molar-refractivity contribution in [1.82, 2.24) is 4.57 Å². The van der Waals surface area contributed by atoms with Crippen molar-refractivity contribution in [2.75, 3.05) is 0 Å². The molecule has 0 aliphatic heterocycles. The molecule has 0 N–H and O–H groups in total. The average Bonchev–Trinajstić information content (AvgIpc) is 3.31. The monoisotopic (exact) mass is 511 g/mol. The molecule has 0 amide bonds. The molecule has 2 aliphatic rings. The van der Waals surface area contributed by atoms with Gasteiger partial charge in [-0.2, -0.15) is 0 Å². The van der Waals surface area contributed by atoms with E-state index in [0.717, 1.165) is 10.7 Å². The summed E-state index contributed by atoms with van der Waals surface area (Å²) in [4.78, 5) is 0. The van der Waals surface area contributed by atoms with Crippen LogP contribution in [0, 0.1) is 0 Å². The molecule has 1 spiro atoms. The van der Waals surface area contributed by atoms with Gasteiger partial charge in [0.05, 0.1) is 21.7 Å². The van der Waals surface area contributed by atoms with Crippen LogP contribution in [0.25, 0.3) is 38.6 Å². The molecular weight excluding hydrogens is 490 g/mol. The molecule has 0 atom stereocenters. The van der Waals surface area contributed by atoms with Gasteiger partial charge in [-0.15, -0.1) is 0 Å². The van der Waals surface area contributed by atoms with Crippen molar-refractivity contribution in [3.8, 4) is 16.8 Å². The highest BCUT2D eigenvalue weighted by Crippen LogP contribution is 2.58. The van der Waals surface area contributed by atoms with Crippen LogP contribution < -0.4 is 0 Å². The van der Waals surface area contributed by atoms with E-state index in [1.165, 1.54) is 80.6 Å². The molecule has 1 aromatic heterocycles. The maximum atomic E-state index is 6.80. The SMILES string of the molecule is Clc1ccccc1-n1c2ccccc2c2ccc3c(c21)-c1ccc(Br)cc1C31CCCCC1. The second kappa shape index (κ2) is 7.22. The summed E-state index contributed by atoms with van der Waals surface area (Å²) < 4.78 is 3.57. The minimum atomic E-state index is 0.114. The molecular formula is C30H23BrClN. The third-order valence-corrected chi connectivity index (χ3v) is 8.73. The fourth-order valence-corrected chi connectivity index (χ4v) is 7.16. The maximum absolute atomic E-state index is 6.80. The van der Waals surface area contributed by atoms with Crippen LogP contribution >= 0.6 is 27.5 Å². The number of hydrogen-bond donors (Lipinski definition) is 0. The summed E-state index contributed by atoms with van der Waals surface area (Å²) >= 11 is 10.6. The molecule has 1 fully saturated rings. The summed E-state index contributed by atoms with van der Waals surface area (Å²) in [6, 6.07) is 28.7. The van der Waals surface area contributed by atoms with Gasteiger partial charge in [-0.05, 0) is 59.9 Å². The van der Waals surface area contributed by atoms with Crippen molar-refractivity contribution >= 4 is 49.3 Å². The summed E-state index contributed by atoms with van der Waals surface area (Å²) in [5.41, 5.74) is 9.42. The van der Waals surface area contributed by atoms with E-state index in [1.807, 2.05) is 12.1 Å². The zero-order chi connectivity index (χ0) is 22.2. The Balaban J connectivity index is 1.69. The van der Waals surface area contributed by atoms with Gasteiger partial charge in [0.25, 0.3) is 0 Å². The number of benzene rings is 4. The summed E-state index contributed by atoms with van der Waals surface area (Å²) in [7, 11) is 0. The summed E-state index contributed by atoms with van der Waals surface area (Å²) in [5, 5.41) is 3.35. The predicted octanol–water partition coefficient (Wildman–Crippen LogP) is 9.43. The molecule has 0 unspecified atom stereocenters. The van der Waals surface area contributed by atoms with E-state index in [1.54, 1.807) is 0 Å². The van der Waals surface area contributed by atoms with Crippen LogP contribution in [0.15, 0.2) is 83.3 Å². The Morgan fingerprint density at radius 3 is 2.39 bits per heavy atom. The largest absolute Gasteiger partial charge is 0.307 e. The number of aromatic nitrogens is 1. The molecule has 5 aromatic rings. The van der Waals surface area contributed by atoms with Gasteiger partial charge in [0, 0.05) is 26.2 Å². The number of para-hydroxylation sites is 2. The first-order valence-corrected chi connectivity index (χ1v) is 13.0. The van der Waals surface area contributed by atoms with Crippen LogP contribution in [-0.2, 0) is 5.41 Å². The van der Waals surface area contributed by atoms with Gasteiger partial charge in [-0.3, -0.25) is 0 Å².